The molecule has 0 atom stereocenters. The zero-order valence-electron chi connectivity index (χ0n) is 10.8. The second kappa shape index (κ2) is 6.61. The van der Waals surface area contributed by atoms with Crippen LogP contribution in [0.4, 0.5) is 0 Å². The number of carbonyl (C=O) groups is 1. The van der Waals surface area contributed by atoms with Crippen molar-refractivity contribution in [2.45, 2.75) is 26.5 Å². The average molecular weight is 272 g/mol. The van der Waals surface area contributed by atoms with Gasteiger partial charge < -0.3 is 14.7 Å². The fourth-order valence-corrected chi connectivity index (χ4v) is 1.61. The van der Waals surface area contributed by atoms with Gasteiger partial charge in [0.05, 0.1) is 11.6 Å². The first-order valence-corrected chi connectivity index (χ1v) is 6.11. The molecule has 0 unspecified atom stereocenters. The minimum Gasteiger partial charge on any atom is -0.482 e. The van der Waals surface area contributed by atoms with Crippen LogP contribution in [0.5, 0.6) is 5.75 Å². The van der Waals surface area contributed by atoms with Crippen LogP contribution in [0.1, 0.15) is 19.4 Å². The molecule has 5 heteroatoms. The van der Waals surface area contributed by atoms with Gasteiger partial charge in [-0.05, 0) is 19.9 Å². The third-order valence-corrected chi connectivity index (χ3v) is 3.02. The first kappa shape index (κ1) is 14.8. The van der Waals surface area contributed by atoms with Crippen LogP contribution in [0.2, 0.25) is 5.02 Å². The number of aliphatic hydroxyl groups excluding tert-OH is 1. The van der Waals surface area contributed by atoms with E-state index >= 15 is 0 Å². The van der Waals surface area contributed by atoms with Crippen molar-refractivity contribution in [2.24, 2.45) is 0 Å². The van der Waals surface area contributed by atoms with E-state index in [1.54, 1.807) is 30.1 Å². The number of aliphatic hydroxyl groups is 1. The van der Waals surface area contributed by atoms with E-state index < -0.39 is 0 Å². The number of benzene rings is 1. The fraction of sp³-hybridized carbons (Fsp3) is 0.462. The topological polar surface area (TPSA) is 49.8 Å². The molecule has 100 valence electrons. The Morgan fingerprint density at radius 2 is 2.17 bits per heavy atom. The molecule has 1 N–H and O–H groups in total. The Morgan fingerprint density at radius 3 is 2.72 bits per heavy atom. The number of amides is 1. The molecule has 0 aliphatic carbocycles. The molecule has 1 aromatic rings. The minimum absolute atomic E-state index is 0.0919. The van der Waals surface area contributed by atoms with Gasteiger partial charge in [0.1, 0.15) is 5.75 Å². The van der Waals surface area contributed by atoms with Crippen LogP contribution >= 0.6 is 11.6 Å². The van der Waals surface area contributed by atoms with E-state index in [1.165, 1.54) is 0 Å². The summed E-state index contributed by atoms with van der Waals surface area (Å²) < 4.78 is 5.41. The van der Waals surface area contributed by atoms with Gasteiger partial charge in [0.25, 0.3) is 5.91 Å². The normalized spacial score (nSPS) is 10.6. The van der Waals surface area contributed by atoms with Gasteiger partial charge in [0.2, 0.25) is 0 Å². The summed E-state index contributed by atoms with van der Waals surface area (Å²) in [6.45, 7) is 3.58. The third kappa shape index (κ3) is 3.62. The second-order valence-corrected chi connectivity index (χ2v) is 4.68. The highest BCUT2D eigenvalue weighted by Gasteiger charge is 2.14. The maximum atomic E-state index is 11.8. The predicted octanol–water partition coefficient (Wildman–Crippen LogP) is 2.08. The highest BCUT2D eigenvalue weighted by Crippen LogP contribution is 2.28. The number of nitrogens with zero attached hydrogens (tertiary/aromatic N) is 1. The molecule has 0 spiro atoms. The molecule has 0 heterocycles. The lowest BCUT2D eigenvalue weighted by atomic mass is 10.2. The highest BCUT2D eigenvalue weighted by atomic mass is 35.5. The van der Waals surface area contributed by atoms with Crippen molar-refractivity contribution < 1.29 is 14.6 Å². The number of likely N-dealkylation sites (N-methyl/N-ethyl adjacent to an activating group) is 1. The summed E-state index contributed by atoms with van der Waals surface area (Å²) in [4.78, 5) is 13.4. The molecular formula is C13H18ClNO3. The van der Waals surface area contributed by atoms with Gasteiger partial charge in [-0.25, -0.2) is 0 Å². The van der Waals surface area contributed by atoms with Gasteiger partial charge in [-0.1, -0.05) is 23.7 Å². The summed E-state index contributed by atoms with van der Waals surface area (Å²) >= 11 is 5.97. The van der Waals surface area contributed by atoms with Crippen molar-refractivity contribution in [3.63, 3.8) is 0 Å². The SMILES string of the molecule is CC(C)N(C)C(=O)COc1c(Cl)cccc1CO. The molecule has 0 aliphatic rings. The van der Waals surface area contributed by atoms with Crippen LogP contribution in [0.3, 0.4) is 0 Å². The van der Waals surface area contributed by atoms with Crippen molar-refractivity contribution in [1.82, 2.24) is 4.90 Å². The van der Waals surface area contributed by atoms with Gasteiger partial charge in [-0.15, -0.1) is 0 Å². The largest absolute Gasteiger partial charge is 0.482 e. The molecule has 0 saturated heterocycles. The van der Waals surface area contributed by atoms with Crippen LogP contribution in [0, 0.1) is 0 Å². The molecule has 4 nitrogen and oxygen atoms in total. The average Bonchev–Trinajstić information content (AvgIpc) is 2.35. The van der Waals surface area contributed by atoms with Crippen LogP contribution in [0.25, 0.3) is 0 Å². The van der Waals surface area contributed by atoms with Crippen molar-refractivity contribution >= 4 is 17.5 Å². The molecule has 0 saturated carbocycles. The summed E-state index contributed by atoms with van der Waals surface area (Å²) in [7, 11) is 1.72. The van der Waals surface area contributed by atoms with Crippen molar-refractivity contribution in [1.29, 1.82) is 0 Å². The Balaban J connectivity index is 2.72. The van der Waals surface area contributed by atoms with E-state index in [4.69, 9.17) is 16.3 Å². The Hall–Kier alpha value is -1.26. The molecule has 0 fully saturated rings. The Bertz CT molecular complexity index is 421. The van der Waals surface area contributed by atoms with Crippen LogP contribution in [-0.4, -0.2) is 35.6 Å². The van der Waals surface area contributed by atoms with Gasteiger partial charge in [0, 0.05) is 18.7 Å². The van der Waals surface area contributed by atoms with Crippen molar-refractivity contribution in [3.8, 4) is 5.75 Å². The monoisotopic (exact) mass is 271 g/mol. The fourth-order valence-electron chi connectivity index (χ4n) is 1.36. The zero-order chi connectivity index (χ0) is 13.7. The van der Waals surface area contributed by atoms with Gasteiger partial charge in [-0.2, -0.15) is 0 Å². The summed E-state index contributed by atoms with van der Waals surface area (Å²) in [5.41, 5.74) is 0.572. The molecule has 18 heavy (non-hydrogen) atoms. The molecule has 0 aromatic heterocycles. The Labute approximate surface area is 112 Å². The van der Waals surface area contributed by atoms with Gasteiger partial charge in [0.15, 0.2) is 6.61 Å². The zero-order valence-corrected chi connectivity index (χ0v) is 11.6. The number of halogens is 1. The lowest BCUT2D eigenvalue weighted by Gasteiger charge is -2.22. The Morgan fingerprint density at radius 1 is 1.50 bits per heavy atom. The van der Waals surface area contributed by atoms with E-state index in [0.29, 0.717) is 16.3 Å². The van der Waals surface area contributed by atoms with Gasteiger partial charge in [-0.3, -0.25) is 4.79 Å². The van der Waals surface area contributed by atoms with Gasteiger partial charge >= 0.3 is 0 Å². The maximum absolute atomic E-state index is 11.8. The van der Waals surface area contributed by atoms with E-state index in [2.05, 4.69) is 0 Å². The molecule has 0 aliphatic heterocycles. The number of ether oxygens (including phenoxy) is 1. The summed E-state index contributed by atoms with van der Waals surface area (Å²) in [5, 5.41) is 9.56. The number of carbonyl (C=O) groups excluding carboxylic acids is 1. The van der Waals surface area contributed by atoms with Crippen LogP contribution in [-0.2, 0) is 11.4 Å². The number of hydrogen-bond acceptors (Lipinski definition) is 3. The second-order valence-electron chi connectivity index (χ2n) is 4.27. The van der Waals surface area contributed by atoms with Crippen molar-refractivity contribution in [2.75, 3.05) is 13.7 Å². The van der Waals surface area contributed by atoms with E-state index in [9.17, 15) is 9.90 Å². The predicted molar refractivity (Wildman–Crippen MR) is 70.8 cm³/mol. The standard InChI is InChI=1S/C13H18ClNO3/c1-9(2)15(3)12(17)8-18-13-10(7-16)5-4-6-11(13)14/h4-6,9,16H,7-8H2,1-3H3. The smallest absolute Gasteiger partial charge is 0.260 e. The lowest BCUT2D eigenvalue weighted by Crippen LogP contribution is -2.36. The molecule has 1 amide bonds. The van der Waals surface area contributed by atoms with E-state index in [1.807, 2.05) is 13.8 Å². The number of para-hydroxylation sites is 1. The highest BCUT2D eigenvalue weighted by molar-refractivity contribution is 6.32. The number of hydrogen-bond donors (Lipinski definition) is 1. The summed E-state index contributed by atoms with van der Waals surface area (Å²) in [6.07, 6.45) is 0. The molecule has 1 rings (SSSR count). The summed E-state index contributed by atoms with van der Waals surface area (Å²) in [5.74, 6) is 0.237. The lowest BCUT2D eigenvalue weighted by molar-refractivity contribution is -0.133. The Kier molecular flexibility index (Phi) is 5.44. The molecule has 1 aromatic carbocycles. The van der Waals surface area contributed by atoms with Crippen LogP contribution in [0.15, 0.2) is 18.2 Å². The summed E-state index contributed by atoms with van der Waals surface area (Å²) in [6, 6.07) is 5.21. The maximum Gasteiger partial charge on any atom is 0.260 e. The van der Waals surface area contributed by atoms with Crippen molar-refractivity contribution in [3.05, 3.63) is 28.8 Å². The molecule has 0 radical (unpaired) electrons. The third-order valence-electron chi connectivity index (χ3n) is 2.73. The molecule has 0 bridgehead atoms. The number of rotatable bonds is 5. The van der Waals surface area contributed by atoms with E-state index in [0.717, 1.165) is 0 Å². The first-order chi connectivity index (χ1) is 8.47. The van der Waals surface area contributed by atoms with E-state index in [-0.39, 0.29) is 25.2 Å². The minimum atomic E-state index is -0.176. The van der Waals surface area contributed by atoms with Crippen LogP contribution < -0.4 is 4.74 Å². The molecular weight excluding hydrogens is 254 g/mol. The quantitative estimate of drug-likeness (QED) is 0.892. The first-order valence-electron chi connectivity index (χ1n) is 5.74.